The second kappa shape index (κ2) is 8.76. The predicted octanol–water partition coefficient (Wildman–Crippen LogP) is 5.53. The molecule has 1 unspecified atom stereocenters. The summed E-state index contributed by atoms with van der Waals surface area (Å²) in [7, 11) is -4.32. The highest BCUT2D eigenvalue weighted by atomic mass is 35.5. The molecule has 2 heterocycles. The number of nitrogens with zero attached hydrogens (tertiary/aromatic N) is 3. The summed E-state index contributed by atoms with van der Waals surface area (Å²) in [5.41, 5.74) is 1.86. The zero-order valence-electron chi connectivity index (χ0n) is 16.7. The van der Waals surface area contributed by atoms with E-state index >= 15 is 0 Å². The number of benzene rings is 2. The molecule has 0 fully saturated rings. The summed E-state index contributed by atoms with van der Waals surface area (Å²) in [6, 6.07) is 11.9. The molecule has 0 bridgehead atoms. The maximum Gasteiger partial charge on any atom is 0.430 e. The molecule has 0 spiro atoms. The third-order valence-corrected chi connectivity index (χ3v) is 7.26. The summed E-state index contributed by atoms with van der Waals surface area (Å²) < 4.78 is 75.0. The van der Waals surface area contributed by atoms with Gasteiger partial charge < -0.3 is 4.74 Å². The molecule has 33 heavy (non-hydrogen) atoms. The van der Waals surface area contributed by atoms with Crippen LogP contribution in [0.5, 0.6) is 5.88 Å². The summed E-state index contributed by atoms with van der Waals surface area (Å²) in [5, 5.41) is -0.0744. The number of thiazole rings is 1. The van der Waals surface area contributed by atoms with Crippen LogP contribution in [-0.4, -0.2) is 29.5 Å². The first-order chi connectivity index (χ1) is 15.6. The van der Waals surface area contributed by atoms with Crippen molar-refractivity contribution in [3.8, 4) is 5.88 Å². The van der Waals surface area contributed by atoms with Gasteiger partial charge in [0.15, 0.2) is 0 Å². The van der Waals surface area contributed by atoms with Gasteiger partial charge in [0.25, 0.3) is 15.9 Å². The Morgan fingerprint density at radius 3 is 2.30 bits per heavy atom. The number of anilines is 1. The molecule has 1 atom stereocenters. The van der Waals surface area contributed by atoms with E-state index in [4.69, 9.17) is 16.3 Å². The molecule has 0 saturated heterocycles. The van der Waals surface area contributed by atoms with Crippen molar-refractivity contribution in [2.75, 3.05) is 4.72 Å². The van der Waals surface area contributed by atoms with E-state index in [1.165, 1.54) is 48.8 Å². The minimum absolute atomic E-state index is 0.0744. The number of aryl methyl sites for hydroxylation is 1. The lowest BCUT2D eigenvalue weighted by atomic mass is 10.2. The number of hydrogen-bond donors (Lipinski definition) is 1. The minimum atomic E-state index is -4.83. The predicted molar refractivity (Wildman–Crippen MR) is 118 cm³/mol. The van der Waals surface area contributed by atoms with E-state index in [1.54, 1.807) is 12.1 Å². The fourth-order valence-electron chi connectivity index (χ4n) is 2.92. The molecule has 4 rings (SSSR count). The number of fused-ring (bicyclic) bond motifs is 1. The topological polar surface area (TPSA) is 94.1 Å². The first-order valence-electron chi connectivity index (χ1n) is 9.24. The number of hydrogen-bond acceptors (Lipinski definition) is 7. The van der Waals surface area contributed by atoms with Gasteiger partial charge >= 0.3 is 6.18 Å². The number of alkyl halides is 3. The van der Waals surface area contributed by atoms with Crippen LogP contribution < -0.4 is 9.46 Å². The van der Waals surface area contributed by atoms with Gasteiger partial charge in [-0.05, 0) is 31.2 Å². The van der Waals surface area contributed by atoms with Gasteiger partial charge in [-0.3, -0.25) is 4.72 Å². The summed E-state index contributed by atoms with van der Waals surface area (Å²) in [6.07, 6.45) is -7.26. The Hall–Kier alpha value is -2.96. The Labute approximate surface area is 195 Å². The van der Waals surface area contributed by atoms with E-state index in [0.29, 0.717) is 0 Å². The molecule has 7 nitrogen and oxygen atoms in total. The number of halogens is 4. The van der Waals surface area contributed by atoms with Crippen LogP contribution in [0.25, 0.3) is 11.0 Å². The lowest BCUT2D eigenvalue weighted by Crippen LogP contribution is -2.27. The van der Waals surface area contributed by atoms with Crippen LogP contribution >= 0.6 is 22.9 Å². The van der Waals surface area contributed by atoms with Gasteiger partial charge in [-0.25, -0.2) is 23.4 Å². The molecule has 2 aromatic heterocycles. The standard InChI is InChI=1S/C20H14ClF3N4O3S2/c1-11-16(32-10-25-11)17(20(22,23)24)31-19-18(26-13-7-3-4-8-14(13)27-19)28-33(29,30)15-9-5-2-6-12(15)21/h2-10,17H,1H3,(H,26,28). The molecule has 0 saturated carbocycles. The average Bonchev–Trinajstić information content (AvgIpc) is 3.16. The van der Waals surface area contributed by atoms with Crippen molar-refractivity contribution in [3.05, 3.63) is 69.6 Å². The summed E-state index contributed by atoms with van der Waals surface area (Å²) >= 11 is 6.76. The van der Waals surface area contributed by atoms with Gasteiger partial charge in [-0.15, -0.1) is 11.3 Å². The number of sulfonamides is 1. The molecule has 172 valence electrons. The fourth-order valence-corrected chi connectivity index (χ4v) is 5.29. The third kappa shape index (κ3) is 4.87. The lowest BCUT2D eigenvalue weighted by molar-refractivity contribution is -0.197. The van der Waals surface area contributed by atoms with E-state index in [9.17, 15) is 21.6 Å². The highest BCUT2D eigenvalue weighted by Gasteiger charge is 2.46. The van der Waals surface area contributed by atoms with Crippen LogP contribution in [0, 0.1) is 6.92 Å². The Balaban J connectivity index is 1.83. The highest BCUT2D eigenvalue weighted by Crippen LogP contribution is 2.41. The maximum atomic E-state index is 13.9. The van der Waals surface area contributed by atoms with Gasteiger partial charge in [-0.1, -0.05) is 35.9 Å². The molecule has 0 radical (unpaired) electrons. The molecule has 2 aromatic carbocycles. The molecular formula is C20H14ClF3N4O3S2. The zero-order valence-corrected chi connectivity index (χ0v) is 19.1. The molecule has 13 heteroatoms. The second-order valence-electron chi connectivity index (χ2n) is 6.74. The second-order valence-corrected chi connectivity index (χ2v) is 9.69. The molecule has 0 aliphatic heterocycles. The third-order valence-electron chi connectivity index (χ3n) is 4.44. The van der Waals surface area contributed by atoms with Crippen LogP contribution in [0.2, 0.25) is 5.02 Å². The van der Waals surface area contributed by atoms with Crippen molar-refractivity contribution in [2.45, 2.75) is 24.1 Å². The van der Waals surface area contributed by atoms with Gasteiger partial charge in [0.2, 0.25) is 11.9 Å². The normalized spacial score (nSPS) is 13.1. The van der Waals surface area contributed by atoms with E-state index in [0.717, 1.165) is 11.3 Å². The van der Waals surface area contributed by atoms with Gasteiger partial charge in [0.05, 0.1) is 32.1 Å². The van der Waals surface area contributed by atoms with Crippen LogP contribution in [0.4, 0.5) is 19.0 Å². The van der Waals surface area contributed by atoms with Crippen molar-refractivity contribution in [3.63, 3.8) is 0 Å². The quantitative estimate of drug-likeness (QED) is 0.363. The smallest absolute Gasteiger partial charge is 0.430 e. The molecule has 0 aliphatic carbocycles. The van der Waals surface area contributed by atoms with Gasteiger partial charge in [0.1, 0.15) is 4.90 Å². The first kappa shape index (κ1) is 23.2. The van der Waals surface area contributed by atoms with Gasteiger partial charge in [-0.2, -0.15) is 13.2 Å². The van der Waals surface area contributed by atoms with Gasteiger partial charge in [0, 0.05) is 0 Å². The van der Waals surface area contributed by atoms with Crippen molar-refractivity contribution in [1.29, 1.82) is 0 Å². The Morgan fingerprint density at radius 2 is 1.70 bits per heavy atom. The Morgan fingerprint density at radius 1 is 1.06 bits per heavy atom. The number of para-hydroxylation sites is 2. The molecule has 4 aromatic rings. The maximum absolute atomic E-state index is 13.9. The van der Waals surface area contributed by atoms with Crippen LogP contribution in [0.3, 0.4) is 0 Å². The average molecular weight is 515 g/mol. The summed E-state index contributed by atoms with van der Waals surface area (Å²) in [5.74, 6) is -1.15. The zero-order chi connectivity index (χ0) is 23.8. The number of rotatable bonds is 6. The van der Waals surface area contributed by atoms with Crippen LogP contribution in [0.1, 0.15) is 16.7 Å². The van der Waals surface area contributed by atoms with Crippen molar-refractivity contribution >= 4 is 49.8 Å². The molecule has 1 N–H and O–H groups in total. The molecule has 0 amide bonds. The van der Waals surface area contributed by atoms with Crippen LogP contribution in [-0.2, 0) is 10.0 Å². The van der Waals surface area contributed by atoms with Crippen LogP contribution in [0.15, 0.2) is 58.9 Å². The highest BCUT2D eigenvalue weighted by molar-refractivity contribution is 7.92. The largest absolute Gasteiger partial charge is 0.456 e. The summed E-state index contributed by atoms with van der Waals surface area (Å²) in [6.45, 7) is 1.42. The number of aromatic nitrogens is 3. The van der Waals surface area contributed by atoms with E-state index < -0.39 is 34.0 Å². The van der Waals surface area contributed by atoms with Crippen molar-refractivity contribution in [1.82, 2.24) is 15.0 Å². The monoisotopic (exact) mass is 514 g/mol. The fraction of sp³-hybridized carbons (Fsp3) is 0.150. The van der Waals surface area contributed by atoms with E-state index in [-0.39, 0.29) is 31.5 Å². The molecular weight excluding hydrogens is 501 g/mol. The number of ether oxygens (including phenoxy) is 1. The van der Waals surface area contributed by atoms with Crippen molar-refractivity contribution < 1.29 is 26.3 Å². The minimum Gasteiger partial charge on any atom is -0.456 e. The Bertz CT molecular complexity index is 1430. The number of nitrogens with one attached hydrogen (secondary N) is 1. The van der Waals surface area contributed by atoms with E-state index in [2.05, 4.69) is 19.7 Å². The van der Waals surface area contributed by atoms with E-state index in [1.807, 2.05) is 0 Å². The molecule has 0 aliphatic rings. The van der Waals surface area contributed by atoms with Crippen molar-refractivity contribution in [2.24, 2.45) is 0 Å². The first-order valence-corrected chi connectivity index (χ1v) is 12.0. The summed E-state index contributed by atoms with van der Waals surface area (Å²) in [4.78, 5) is 11.6. The Kier molecular flexibility index (Phi) is 6.16. The SMILES string of the molecule is Cc1ncsc1C(Oc1nc2ccccc2nc1NS(=O)(=O)c1ccccc1Cl)C(F)(F)F. The lowest BCUT2D eigenvalue weighted by Gasteiger charge is -2.22.